The lowest BCUT2D eigenvalue weighted by Crippen LogP contribution is -2.39. The number of likely N-dealkylation sites (tertiary alicyclic amines) is 1. The third-order valence-electron chi connectivity index (χ3n) is 4.20. The Labute approximate surface area is 173 Å². The molecule has 7 nitrogen and oxygen atoms in total. The van der Waals surface area contributed by atoms with Gasteiger partial charge in [-0.3, -0.25) is 9.59 Å². The Kier molecular flexibility index (Phi) is 13.0. The fourth-order valence-electron chi connectivity index (χ4n) is 2.83. The van der Waals surface area contributed by atoms with E-state index < -0.39 is 6.04 Å². The first-order chi connectivity index (χ1) is 12.1. The molecule has 1 aliphatic heterocycles. The van der Waals surface area contributed by atoms with Crippen molar-refractivity contribution in [3.05, 3.63) is 24.3 Å². The van der Waals surface area contributed by atoms with Crippen molar-refractivity contribution in [3.8, 4) is 0 Å². The van der Waals surface area contributed by atoms with E-state index in [1.54, 1.807) is 24.3 Å². The standard InChI is InChI=1S/C18H28N4O3.2ClH/c1-25-13-16(19)18(24)21-15-7-5-6-14(12-15)20-17(23)8-11-22-9-3-2-4-10-22;;/h5-7,12,16H,2-4,8-11,13,19H2,1H3,(H,20,23)(H,21,24);2*1H. The van der Waals surface area contributed by atoms with E-state index in [9.17, 15) is 9.59 Å². The molecule has 27 heavy (non-hydrogen) atoms. The predicted molar refractivity (Wildman–Crippen MR) is 113 cm³/mol. The van der Waals surface area contributed by atoms with Gasteiger partial charge in [0.1, 0.15) is 6.04 Å². The maximum absolute atomic E-state index is 12.1. The summed E-state index contributed by atoms with van der Waals surface area (Å²) in [5.74, 6) is -0.347. The zero-order chi connectivity index (χ0) is 18.1. The average Bonchev–Trinajstić information content (AvgIpc) is 2.61. The van der Waals surface area contributed by atoms with Crippen LogP contribution in [0.25, 0.3) is 0 Å². The van der Waals surface area contributed by atoms with Gasteiger partial charge in [0.05, 0.1) is 6.61 Å². The molecule has 1 aliphatic rings. The number of nitrogens with one attached hydrogen (secondary N) is 2. The second-order valence-electron chi connectivity index (χ2n) is 6.33. The first kappa shape index (κ1) is 25.6. The van der Waals surface area contributed by atoms with Crippen LogP contribution in [0.2, 0.25) is 0 Å². The van der Waals surface area contributed by atoms with Crippen LogP contribution in [0.15, 0.2) is 24.3 Å². The number of carbonyl (C=O) groups is 2. The molecule has 9 heteroatoms. The highest BCUT2D eigenvalue weighted by Crippen LogP contribution is 2.16. The predicted octanol–water partition coefficient (Wildman–Crippen LogP) is 2.26. The number of methoxy groups -OCH3 is 1. The van der Waals surface area contributed by atoms with Crippen molar-refractivity contribution in [2.24, 2.45) is 5.73 Å². The van der Waals surface area contributed by atoms with E-state index in [1.165, 1.54) is 26.4 Å². The summed E-state index contributed by atoms with van der Waals surface area (Å²) in [6.45, 7) is 3.10. The molecule has 2 amide bonds. The number of nitrogens with two attached hydrogens (primary N) is 1. The number of hydrogen-bond acceptors (Lipinski definition) is 5. The van der Waals surface area contributed by atoms with E-state index in [4.69, 9.17) is 10.5 Å². The topological polar surface area (TPSA) is 96.7 Å². The monoisotopic (exact) mass is 420 g/mol. The smallest absolute Gasteiger partial charge is 0.243 e. The molecule has 0 spiro atoms. The number of nitrogens with zero attached hydrogens (tertiary/aromatic N) is 1. The molecule has 0 aliphatic carbocycles. The fourth-order valence-corrected chi connectivity index (χ4v) is 2.83. The molecule has 1 aromatic carbocycles. The number of rotatable bonds is 8. The van der Waals surface area contributed by atoms with Gasteiger partial charge in [0.25, 0.3) is 0 Å². The molecule has 0 bridgehead atoms. The SMILES string of the molecule is COCC(N)C(=O)Nc1cccc(NC(=O)CCN2CCCCC2)c1.Cl.Cl. The van der Waals surface area contributed by atoms with E-state index >= 15 is 0 Å². The molecular formula is C18H30Cl2N4O3. The lowest BCUT2D eigenvalue weighted by molar-refractivity contribution is -0.118. The summed E-state index contributed by atoms with van der Waals surface area (Å²) in [6, 6.07) is 6.31. The van der Waals surface area contributed by atoms with E-state index in [0.717, 1.165) is 19.6 Å². The second-order valence-corrected chi connectivity index (χ2v) is 6.33. The molecule has 1 heterocycles. The van der Waals surface area contributed by atoms with Gasteiger partial charge in [0, 0.05) is 31.5 Å². The molecule has 1 fully saturated rings. The minimum absolute atomic E-state index is 0. The third-order valence-corrected chi connectivity index (χ3v) is 4.20. The van der Waals surface area contributed by atoms with Gasteiger partial charge in [-0.25, -0.2) is 0 Å². The summed E-state index contributed by atoms with van der Waals surface area (Å²) in [5.41, 5.74) is 6.94. The van der Waals surface area contributed by atoms with Crippen molar-refractivity contribution in [1.29, 1.82) is 0 Å². The highest BCUT2D eigenvalue weighted by atomic mass is 35.5. The minimum Gasteiger partial charge on any atom is -0.383 e. The molecule has 1 atom stereocenters. The Morgan fingerprint density at radius 1 is 1.15 bits per heavy atom. The Morgan fingerprint density at radius 3 is 2.41 bits per heavy atom. The molecule has 0 aromatic heterocycles. The van der Waals surface area contributed by atoms with Crippen molar-refractivity contribution in [1.82, 2.24) is 4.90 Å². The summed E-state index contributed by atoms with van der Waals surface area (Å²) < 4.78 is 4.87. The highest BCUT2D eigenvalue weighted by molar-refractivity contribution is 5.96. The maximum Gasteiger partial charge on any atom is 0.243 e. The Balaban J connectivity index is 0.00000338. The summed E-state index contributed by atoms with van der Waals surface area (Å²) in [7, 11) is 1.49. The van der Waals surface area contributed by atoms with Gasteiger partial charge < -0.3 is 26.0 Å². The van der Waals surface area contributed by atoms with E-state index in [0.29, 0.717) is 17.8 Å². The van der Waals surface area contributed by atoms with Crippen LogP contribution >= 0.6 is 24.8 Å². The van der Waals surface area contributed by atoms with Crippen molar-refractivity contribution in [2.75, 3.05) is 44.0 Å². The third kappa shape index (κ3) is 9.39. The number of amides is 2. The quantitative estimate of drug-likeness (QED) is 0.599. The summed E-state index contributed by atoms with van der Waals surface area (Å²) >= 11 is 0. The van der Waals surface area contributed by atoms with Crippen LogP contribution < -0.4 is 16.4 Å². The molecular weight excluding hydrogens is 391 g/mol. The molecule has 154 valence electrons. The van der Waals surface area contributed by atoms with E-state index in [-0.39, 0.29) is 43.2 Å². The normalized spacial score (nSPS) is 15.0. The van der Waals surface area contributed by atoms with E-state index in [1.807, 2.05) is 0 Å². The molecule has 1 saturated heterocycles. The lowest BCUT2D eigenvalue weighted by atomic mass is 10.1. The van der Waals surface area contributed by atoms with Gasteiger partial charge in [0.15, 0.2) is 0 Å². The molecule has 2 rings (SSSR count). The highest BCUT2D eigenvalue weighted by Gasteiger charge is 2.14. The summed E-state index contributed by atoms with van der Waals surface area (Å²) in [5, 5.41) is 5.60. The van der Waals surface area contributed by atoms with E-state index in [2.05, 4.69) is 15.5 Å². The number of piperidine rings is 1. The molecule has 0 saturated carbocycles. The van der Waals surface area contributed by atoms with Crippen molar-refractivity contribution < 1.29 is 14.3 Å². The van der Waals surface area contributed by atoms with Crippen LogP contribution in [0.3, 0.4) is 0 Å². The van der Waals surface area contributed by atoms with Gasteiger partial charge in [-0.1, -0.05) is 12.5 Å². The largest absolute Gasteiger partial charge is 0.383 e. The average molecular weight is 421 g/mol. The second kappa shape index (κ2) is 13.7. The molecule has 4 N–H and O–H groups in total. The molecule has 1 aromatic rings. The first-order valence-electron chi connectivity index (χ1n) is 8.76. The number of halogens is 2. The Bertz CT molecular complexity index is 583. The van der Waals surface area contributed by atoms with Crippen LogP contribution in [0, 0.1) is 0 Å². The first-order valence-corrected chi connectivity index (χ1v) is 8.76. The molecule has 0 radical (unpaired) electrons. The van der Waals surface area contributed by atoms with Gasteiger partial charge in [0.2, 0.25) is 11.8 Å². The Morgan fingerprint density at radius 2 is 1.78 bits per heavy atom. The van der Waals surface area contributed by atoms with Crippen LogP contribution in [0.1, 0.15) is 25.7 Å². The Hall–Kier alpha value is -1.38. The van der Waals surface area contributed by atoms with Gasteiger partial charge in [-0.05, 0) is 44.1 Å². The number of benzene rings is 1. The number of carbonyl (C=O) groups excluding carboxylic acids is 2. The van der Waals surface area contributed by atoms with Gasteiger partial charge in [-0.15, -0.1) is 24.8 Å². The minimum atomic E-state index is -0.729. The van der Waals surface area contributed by atoms with Crippen LogP contribution in [-0.4, -0.2) is 56.1 Å². The number of hydrogen-bond donors (Lipinski definition) is 3. The van der Waals surface area contributed by atoms with Gasteiger partial charge >= 0.3 is 0 Å². The van der Waals surface area contributed by atoms with Crippen LogP contribution in [0.5, 0.6) is 0 Å². The molecule has 1 unspecified atom stereocenters. The number of anilines is 2. The lowest BCUT2D eigenvalue weighted by Gasteiger charge is -2.25. The van der Waals surface area contributed by atoms with Crippen LogP contribution in [-0.2, 0) is 14.3 Å². The van der Waals surface area contributed by atoms with Crippen molar-refractivity contribution in [3.63, 3.8) is 0 Å². The van der Waals surface area contributed by atoms with Crippen molar-refractivity contribution in [2.45, 2.75) is 31.7 Å². The maximum atomic E-state index is 12.1. The fraction of sp³-hybridized carbons (Fsp3) is 0.556. The number of ether oxygens (including phenoxy) is 1. The zero-order valence-corrected chi connectivity index (χ0v) is 17.2. The van der Waals surface area contributed by atoms with Crippen LogP contribution in [0.4, 0.5) is 11.4 Å². The van der Waals surface area contributed by atoms with Gasteiger partial charge in [-0.2, -0.15) is 0 Å². The zero-order valence-electron chi connectivity index (χ0n) is 15.6. The summed E-state index contributed by atoms with van der Waals surface area (Å²) in [4.78, 5) is 26.4. The summed E-state index contributed by atoms with van der Waals surface area (Å²) in [6.07, 6.45) is 4.19. The van der Waals surface area contributed by atoms with Crippen molar-refractivity contribution >= 4 is 48.0 Å².